The quantitative estimate of drug-likeness (QED) is 0.924. The zero-order valence-corrected chi connectivity index (χ0v) is 15.2. The Bertz CT molecular complexity index is 527. The summed E-state index contributed by atoms with van der Waals surface area (Å²) in [5, 5.41) is 11.7. The van der Waals surface area contributed by atoms with Crippen LogP contribution in [0, 0.1) is 0 Å². The first kappa shape index (κ1) is 16.9. The van der Waals surface area contributed by atoms with Gasteiger partial charge < -0.3 is 9.84 Å². The van der Waals surface area contributed by atoms with Crippen molar-refractivity contribution in [1.82, 2.24) is 4.90 Å². The molecule has 2 heterocycles. The van der Waals surface area contributed by atoms with Crippen molar-refractivity contribution in [3.05, 3.63) is 34.9 Å². The minimum Gasteiger partial charge on any atom is -0.385 e. The Morgan fingerprint density at radius 2 is 1.52 bits per heavy atom. The van der Waals surface area contributed by atoms with Crippen LogP contribution in [0.2, 0.25) is 0 Å². The lowest BCUT2D eigenvalue weighted by atomic mass is 9.71. The molecule has 1 aromatic rings. The van der Waals surface area contributed by atoms with E-state index in [1.165, 1.54) is 16.7 Å². The molecule has 3 rings (SSSR count). The first-order chi connectivity index (χ1) is 10.8. The Morgan fingerprint density at radius 3 is 1.96 bits per heavy atom. The van der Waals surface area contributed by atoms with E-state index in [9.17, 15) is 5.11 Å². The summed E-state index contributed by atoms with van der Waals surface area (Å²) < 4.78 is 5.74. The largest absolute Gasteiger partial charge is 0.385 e. The first-order valence-electron chi connectivity index (χ1n) is 8.99. The summed E-state index contributed by atoms with van der Waals surface area (Å²) in [6.45, 7) is 10.4. The Kier molecular flexibility index (Phi) is 4.56. The van der Waals surface area contributed by atoms with Crippen LogP contribution in [0.15, 0.2) is 18.2 Å². The summed E-state index contributed by atoms with van der Waals surface area (Å²) in [4.78, 5) is 2.41. The minimum atomic E-state index is -0.730. The zero-order chi connectivity index (χ0) is 16.8. The molecule has 2 saturated heterocycles. The van der Waals surface area contributed by atoms with Gasteiger partial charge in [0.1, 0.15) is 0 Å². The molecule has 3 heteroatoms. The summed E-state index contributed by atoms with van der Waals surface area (Å²) in [7, 11) is 2.18. The van der Waals surface area contributed by atoms with E-state index in [-0.39, 0.29) is 0 Å². The van der Waals surface area contributed by atoms with Crippen molar-refractivity contribution in [3.8, 4) is 0 Å². The van der Waals surface area contributed by atoms with Gasteiger partial charge >= 0.3 is 0 Å². The molecule has 1 N–H and O–H groups in total. The molecule has 23 heavy (non-hydrogen) atoms. The van der Waals surface area contributed by atoms with Crippen LogP contribution in [-0.4, -0.2) is 42.4 Å². The number of aliphatic hydroxyl groups is 1. The Morgan fingerprint density at radius 1 is 1.04 bits per heavy atom. The van der Waals surface area contributed by atoms with Gasteiger partial charge in [-0.25, -0.2) is 0 Å². The molecule has 2 bridgehead atoms. The average Bonchev–Trinajstić information content (AvgIpc) is 2.48. The number of benzene rings is 1. The van der Waals surface area contributed by atoms with Crippen LogP contribution in [0.1, 0.15) is 69.1 Å². The van der Waals surface area contributed by atoms with Gasteiger partial charge in [0.25, 0.3) is 0 Å². The van der Waals surface area contributed by atoms with Crippen molar-refractivity contribution in [2.24, 2.45) is 0 Å². The van der Waals surface area contributed by atoms with Gasteiger partial charge in [0.15, 0.2) is 0 Å². The van der Waals surface area contributed by atoms with Crippen LogP contribution in [0.3, 0.4) is 0 Å². The van der Waals surface area contributed by atoms with Crippen LogP contribution in [-0.2, 0) is 10.3 Å². The highest BCUT2D eigenvalue weighted by Gasteiger charge is 2.47. The maximum Gasteiger partial charge on any atom is 0.0933 e. The summed E-state index contributed by atoms with van der Waals surface area (Å²) in [6.07, 6.45) is 1.53. The standard InChI is InChI=1S/C20H31NO2/c1-13(2)17-7-6-8-18(14(3)4)19(17)20(22)9-15-11-23-12-16(10-20)21(15)5/h6-8,13-16,22H,9-12H2,1-5H3. The smallest absolute Gasteiger partial charge is 0.0933 e. The van der Waals surface area contributed by atoms with E-state index < -0.39 is 5.60 Å². The summed E-state index contributed by atoms with van der Waals surface area (Å²) in [5.74, 6) is 0.840. The monoisotopic (exact) mass is 317 g/mol. The molecule has 0 aliphatic carbocycles. The second-order valence-electron chi connectivity index (χ2n) is 8.07. The number of ether oxygens (including phenoxy) is 1. The number of piperidine rings is 1. The molecule has 2 atom stereocenters. The van der Waals surface area contributed by atoms with Crippen LogP contribution < -0.4 is 0 Å². The second kappa shape index (κ2) is 6.19. The number of rotatable bonds is 3. The highest BCUT2D eigenvalue weighted by atomic mass is 16.5. The molecular weight excluding hydrogens is 286 g/mol. The molecule has 2 aliphatic heterocycles. The van der Waals surface area contributed by atoms with Crippen molar-refractivity contribution in [2.75, 3.05) is 20.3 Å². The van der Waals surface area contributed by atoms with Gasteiger partial charge in [0.2, 0.25) is 0 Å². The lowest BCUT2D eigenvalue weighted by Gasteiger charge is -2.51. The molecule has 0 saturated carbocycles. The van der Waals surface area contributed by atoms with Crippen molar-refractivity contribution < 1.29 is 9.84 Å². The Labute approximate surface area is 140 Å². The fourth-order valence-corrected chi connectivity index (χ4v) is 4.43. The topological polar surface area (TPSA) is 32.7 Å². The molecule has 0 spiro atoms. The first-order valence-corrected chi connectivity index (χ1v) is 8.99. The number of morpholine rings is 1. The maximum absolute atomic E-state index is 11.7. The fraction of sp³-hybridized carbons (Fsp3) is 0.700. The number of hydrogen-bond acceptors (Lipinski definition) is 3. The molecule has 0 radical (unpaired) electrons. The van der Waals surface area contributed by atoms with E-state index in [1.54, 1.807) is 0 Å². The predicted octanol–water partition coefficient (Wildman–Crippen LogP) is 3.61. The SMILES string of the molecule is CC(C)c1cccc(C(C)C)c1C1(O)CC2COCC(C1)N2C. The van der Waals surface area contributed by atoms with Gasteiger partial charge in [-0.1, -0.05) is 45.9 Å². The van der Waals surface area contributed by atoms with Crippen LogP contribution in [0.5, 0.6) is 0 Å². The predicted molar refractivity (Wildman–Crippen MR) is 93.9 cm³/mol. The molecule has 0 aromatic heterocycles. The third kappa shape index (κ3) is 2.95. The zero-order valence-electron chi connectivity index (χ0n) is 15.2. The lowest BCUT2D eigenvalue weighted by molar-refractivity contribution is -0.138. The van der Waals surface area contributed by atoms with Gasteiger partial charge in [-0.3, -0.25) is 4.90 Å². The van der Waals surface area contributed by atoms with Crippen molar-refractivity contribution >= 4 is 0 Å². The van der Waals surface area contributed by atoms with Crippen LogP contribution >= 0.6 is 0 Å². The van der Waals surface area contributed by atoms with Gasteiger partial charge in [-0.15, -0.1) is 0 Å². The van der Waals surface area contributed by atoms with Crippen molar-refractivity contribution in [1.29, 1.82) is 0 Å². The maximum atomic E-state index is 11.7. The molecular formula is C20H31NO2. The molecule has 2 aliphatic rings. The van der Waals surface area contributed by atoms with Gasteiger partial charge in [0, 0.05) is 12.1 Å². The Hall–Kier alpha value is -0.900. The third-order valence-corrected chi connectivity index (χ3v) is 5.76. The van der Waals surface area contributed by atoms with Gasteiger partial charge in [-0.05, 0) is 48.4 Å². The van der Waals surface area contributed by atoms with E-state index in [1.807, 2.05) is 0 Å². The molecule has 0 amide bonds. The van der Waals surface area contributed by atoms with Gasteiger partial charge in [0.05, 0.1) is 18.8 Å². The second-order valence-corrected chi connectivity index (χ2v) is 8.07. The highest BCUT2D eigenvalue weighted by molar-refractivity contribution is 5.43. The molecule has 2 unspecified atom stereocenters. The van der Waals surface area contributed by atoms with Crippen LogP contribution in [0.25, 0.3) is 0 Å². The van der Waals surface area contributed by atoms with E-state index in [4.69, 9.17) is 4.74 Å². The Balaban J connectivity index is 2.09. The molecule has 1 aromatic carbocycles. The molecule has 128 valence electrons. The normalized spacial score (nSPS) is 31.8. The third-order valence-electron chi connectivity index (χ3n) is 5.76. The highest BCUT2D eigenvalue weighted by Crippen LogP contribution is 2.45. The summed E-state index contributed by atoms with van der Waals surface area (Å²) in [5.41, 5.74) is 3.09. The molecule has 2 fully saturated rings. The van der Waals surface area contributed by atoms with E-state index in [2.05, 4.69) is 57.8 Å². The van der Waals surface area contributed by atoms with E-state index in [0.717, 1.165) is 26.1 Å². The molecule has 3 nitrogen and oxygen atoms in total. The number of nitrogens with zero attached hydrogens (tertiary/aromatic N) is 1. The number of fused-ring (bicyclic) bond motifs is 2. The van der Waals surface area contributed by atoms with E-state index >= 15 is 0 Å². The van der Waals surface area contributed by atoms with Gasteiger partial charge in [-0.2, -0.15) is 0 Å². The number of hydrogen-bond donors (Lipinski definition) is 1. The fourth-order valence-electron chi connectivity index (χ4n) is 4.43. The summed E-state index contributed by atoms with van der Waals surface area (Å²) >= 11 is 0. The van der Waals surface area contributed by atoms with Crippen molar-refractivity contribution in [3.63, 3.8) is 0 Å². The van der Waals surface area contributed by atoms with Crippen molar-refractivity contribution in [2.45, 2.75) is 70.1 Å². The minimum absolute atomic E-state index is 0.313. The number of likely N-dealkylation sites (N-methyl/N-ethyl adjacent to an activating group) is 1. The lowest BCUT2D eigenvalue weighted by Crippen LogP contribution is -2.59. The van der Waals surface area contributed by atoms with E-state index in [0.29, 0.717) is 23.9 Å². The average molecular weight is 317 g/mol. The van der Waals surface area contributed by atoms with Crippen LogP contribution in [0.4, 0.5) is 0 Å². The summed E-state index contributed by atoms with van der Waals surface area (Å²) in [6, 6.07) is 7.18.